The van der Waals surface area contributed by atoms with Crippen LogP contribution in [-0.4, -0.2) is 12.0 Å². The maximum Gasteiger partial charge on any atom is 0.0477 e. The molecule has 0 aliphatic rings. The molecule has 1 aromatic carbocycles. The molecule has 0 fully saturated rings. The molecule has 18 heavy (non-hydrogen) atoms. The van der Waals surface area contributed by atoms with E-state index in [1.165, 1.54) is 26.6 Å². The van der Waals surface area contributed by atoms with Crippen molar-refractivity contribution < 1.29 is 0 Å². The van der Waals surface area contributed by atoms with Crippen LogP contribution in [0.3, 0.4) is 0 Å². The zero-order valence-corrected chi connectivity index (χ0v) is 13.3. The van der Waals surface area contributed by atoms with Gasteiger partial charge >= 0.3 is 0 Å². The van der Waals surface area contributed by atoms with Crippen LogP contribution in [0.1, 0.15) is 45.0 Å². The van der Waals surface area contributed by atoms with Crippen LogP contribution in [0, 0.1) is 0 Å². The van der Waals surface area contributed by atoms with Crippen molar-refractivity contribution in [2.75, 3.05) is 7.05 Å². The number of aromatic nitrogens is 1. The molecule has 1 unspecified atom stereocenters. The van der Waals surface area contributed by atoms with Crippen LogP contribution in [0.4, 0.5) is 0 Å². The Morgan fingerprint density at radius 2 is 1.94 bits per heavy atom. The highest BCUT2D eigenvalue weighted by molar-refractivity contribution is 9.10. The van der Waals surface area contributed by atoms with Gasteiger partial charge in [0, 0.05) is 27.1 Å². The standard InChI is InChI=1S/C15H21BrN2/c1-9(17-5)14-13(16)11-8-10(15(2,3)4)6-7-12(11)18-14/h6-9,17-18H,1-5H3. The first-order valence-electron chi connectivity index (χ1n) is 6.33. The van der Waals surface area contributed by atoms with Crippen LogP contribution >= 0.6 is 15.9 Å². The van der Waals surface area contributed by atoms with Crippen molar-refractivity contribution in [3.05, 3.63) is 33.9 Å². The molecule has 3 heteroatoms. The molecule has 1 heterocycles. The molecule has 0 bridgehead atoms. The first-order chi connectivity index (χ1) is 8.34. The zero-order valence-electron chi connectivity index (χ0n) is 11.7. The Balaban J connectivity index is 2.60. The predicted octanol–water partition coefficient (Wildman–Crippen LogP) is 4.51. The molecule has 0 saturated heterocycles. The Kier molecular flexibility index (Phi) is 3.56. The summed E-state index contributed by atoms with van der Waals surface area (Å²) in [7, 11) is 1.98. The van der Waals surface area contributed by atoms with E-state index in [2.05, 4.69) is 72.1 Å². The average Bonchev–Trinajstić information content (AvgIpc) is 2.64. The van der Waals surface area contributed by atoms with Gasteiger partial charge in [-0.2, -0.15) is 0 Å². The SMILES string of the molecule is CNC(C)c1[nH]c2ccc(C(C)(C)C)cc2c1Br. The van der Waals surface area contributed by atoms with Gasteiger partial charge in [-0.3, -0.25) is 0 Å². The lowest BCUT2D eigenvalue weighted by molar-refractivity contribution is 0.591. The third-order valence-electron chi connectivity index (χ3n) is 3.49. The summed E-state index contributed by atoms with van der Waals surface area (Å²) >= 11 is 3.72. The van der Waals surface area contributed by atoms with Gasteiger partial charge in [-0.15, -0.1) is 0 Å². The summed E-state index contributed by atoms with van der Waals surface area (Å²) in [5.74, 6) is 0. The molecule has 1 atom stereocenters. The fourth-order valence-corrected chi connectivity index (χ4v) is 2.86. The summed E-state index contributed by atoms with van der Waals surface area (Å²) in [4.78, 5) is 3.48. The molecular formula is C15H21BrN2. The Bertz CT molecular complexity index is 564. The van der Waals surface area contributed by atoms with Gasteiger partial charge in [0.15, 0.2) is 0 Å². The highest BCUT2D eigenvalue weighted by Crippen LogP contribution is 2.34. The van der Waals surface area contributed by atoms with E-state index < -0.39 is 0 Å². The molecule has 0 radical (unpaired) electrons. The van der Waals surface area contributed by atoms with Crippen molar-refractivity contribution in [1.82, 2.24) is 10.3 Å². The van der Waals surface area contributed by atoms with Gasteiger partial charge in [0.2, 0.25) is 0 Å². The number of hydrogen-bond donors (Lipinski definition) is 2. The van der Waals surface area contributed by atoms with Gasteiger partial charge in [0.05, 0.1) is 0 Å². The Morgan fingerprint density at radius 1 is 1.28 bits per heavy atom. The molecule has 0 saturated carbocycles. The highest BCUT2D eigenvalue weighted by Gasteiger charge is 2.18. The minimum absolute atomic E-state index is 0.180. The first kappa shape index (κ1) is 13.6. The third kappa shape index (κ3) is 2.34. The molecule has 2 rings (SSSR count). The Labute approximate surface area is 117 Å². The molecular weight excluding hydrogens is 288 g/mol. The lowest BCUT2D eigenvalue weighted by atomic mass is 9.86. The maximum absolute atomic E-state index is 3.72. The van der Waals surface area contributed by atoms with E-state index in [0.29, 0.717) is 6.04 Å². The van der Waals surface area contributed by atoms with E-state index in [1.54, 1.807) is 0 Å². The second kappa shape index (κ2) is 4.71. The van der Waals surface area contributed by atoms with E-state index in [4.69, 9.17) is 0 Å². The van der Waals surface area contributed by atoms with Gasteiger partial charge in [-0.1, -0.05) is 26.8 Å². The van der Waals surface area contributed by atoms with Crippen LogP contribution < -0.4 is 5.32 Å². The second-order valence-electron chi connectivity index (χ2n) is 5.87. The van der Waals surface area contributed by atoms with Crippen LogP contribution in [0.5, 0.6) is 0 Å². The minimum Gasteiger partial charge on any atom is -0.356 e. The van der Waals surface area contributed by atoms with Crippen molar-refractivity contribution >= 4 is 26.8 Å². The van der Waals surface area contributed by atoms with Crippen LogP contribution in [-0.2, 0) is 5.41 Å². The molecule has 0 spiro atoms. The second-order valence-corrected chi connectivity index (χ2v) is 6.67. The molecule has 0 aliphatic heterocycles. The summed E-state index contributed by atoms with van der Waals surface area (Å²) in [5, 5.41) is 4.53. The normalized spacial score (nSPS) is 14.1. The Hall–Kier alpha value is -0.800. The number of H-pyrrole nitrogens is 1. The number of fused-ring (bicyclic) bond motifs is 1. The van der Waals surface area contributed by atoms with Gasteiger partial charge in [-0.05, 0) is 53.0 Å². The van der Waals surface area contributed by atoms with Gasteiger partial charge < -0.3 is 10.3 Å². The summed E-state index contributed by atoms with van der Waals surface area (Å²) < 4.78 is 1.17. The average molecular weight is 309 g/mol. The summed E-state index contributed by atoms with van der Waals surface area (Å²) in [6, 6.07) is 6.97. The summed E-state index contributed by atoms with van der Waals surface area (Å²) in [6.07, 6.45) is 0. The van der Waals surface area contributed by atoms with Gasteiger partial charge in [-0.25, -0.2) is 0 Å². The topological polar surface area (TPSA) is 27.8 Å². The lowest BCUT2D eigenvalue weighted by Gasteiger charge is -2.18. The monoisotopic (exact) mass is 308 g/mol. The number of hydrogen-bond acceptors (Lipinski definition) is 1. The Morgan fingerprint density at radius 3 is 2.50 bits per heavy atom. The van der Waals surface area contributed by atoms with Crippen molar-refractivity contribution in [2.45, 2.75) is 39.2 Å². The molecule has 2 aromatic rings. The van der Waals surface area contributed by atoms with Gasteiger partial charge in [0.25, 0.3) is 0 Å². The predicted molar refractivity (Wildman–Crippen MR) is 82.2 cm³/mol. The number of aromatic amines is 1. The molecule has 1 aromatic heterocycles. The maximum atomic E-state index is 3.72. The van der Waals surface area contributed by atoms with E-state index in [9.17, 15) is 0 Å². The smallest absolute Gasteiger partial charge is 0.0477 e. The molecule has 98 valence electrons. The van der Waals surface area contributed by atoms with Crippen molar-refractivity contribution in [1.29, 1.82) is 0 Å². The fourth-order valence-electron chi connectivity index (χ4n) is 2.09. The van der Waals surface area contributed by atoms with Crippen LogP contribution in [0.25, 0.3) is 10.9 Å². The number of halogens is 1. The van der Waals surface area contributed by atoms with E-state index in [1.807, 2.05) is 7.05 Å². The number of benzene rings is 1. The van der Waals surface area contributed by atoms with Crippen LogP contribution in [0.15, 0.2) is 22.7 Å². The van der Waals surface area contributed by atoms with Crippen molar-refractivity contribution in [3.8, 4) is 0 Å². The summed E-state index contributed by atoms with van der Waals surface area (Å²) in [5.41, 5.74) is 3.93. The van der Waals surface area contributed by atoms with Gasteiger partial charge in [0.1, 0.15) is 0 Å². The molecule has 2 N–H and O–H groups in total. The number of rotatable bonds is 2. The van der Waals surface area contributed by atoms with Crippen molar-refractivity contribution in [2.24, 2.45) is 0 Å². The molecule has 0 amide bonds. The van der Waals surface area contributed by atoms with Crippen LogP contribution in [0.2, 0.25) is 0 Å². The number of nitrogens with one attached hydrogen (secondary N) is 2. The summed E-state index contributed by atoms with van der Waals surface area (Å²) in [6.45, 7) is 8.88. The third-order valence-corrected chi connectivity index (χ3v) is 4.35. The van der Waals surface area contributed by atoms with Crippen molar-refractivity contribution in [3.63, 3.8) is 0 Å². The molecule has 2 nitrogen and oxygen atoms in total. The fraction of sp³-hybridized carbons (Fsp3) is 0.467. The molecule has 0 aliphatic carbocycles. The minimum atomic E-state index is 0.180. The van der Waals surface area contributed by atoms with E-state index in [0.717, 1.165) is 0 Å². The van der Waals surface area contributed by atoms with E-state index in [-0.39, 0.29) is 5.41 Å². The quantitative estimate of drug-likeness (QED) is 0.839. The zero-order chi connectivity index (χ0) is 13.5. The van der Waals surface area contributed by atoms with E-state index >= 15 is 0 Å². The largest absolute Gasteiger partial charge is 0.356 e. The lowest BCUT2D eigenvalue weighted by Crippen LogP contribution is -2.12. The highest BCUT2D eigenvalue weighted by atomic mass is 79.9. The first-order valence-corrected chi connectivity index (χ1v) is 7.12.